The van der Waals surface area contributed by atoms with Crippen LogP contribution in [0.3, 0.4) is 0 Å². The fourth-order valence-electron chi connectivity index (χ4n) is 1.34. The number of thiazole rings is 1. The van der Waals surface area contributed by atoms with E-state index in [1.807, 2.05) is 22.9 Å². The normalized spacial score (nSPS) is 12.3. The second kappa shape index (κ2) is 3.47. The van der Waals surface area contributed by atoms with E-state index in [0.29, 0.717) is 0 Å². The molecule has 2 aromatic heterocycles. The Balaban J connectivity index is 2.60. The summed E-state index contributed by atoms with van der Waals surface area (Å²) >= 11 is 1.51. The highest BCUT2D eigenvalue weighted by Crippen LogP contribution is 2.19. The second-order valence-corrected chi connectivity index (χ2v) is 4.05. The molecule has 0 aliphatic heterocycles. The first-order valence-electron chi connectivity index (χ1n) is 4.34. The number of fused-ring (bicyclic) bond motifs is 1. The van der Waals surface area contributed by atoms with E-state index in [2.05, 4.69) is 4.98 Å². The van der Waals surface area contributed by atoms with Crippen LogP contribution in [0.1, 0.15) is 18.3 Å². The van der Waals surface area contributed by atoms with Gasteiger partial charge in [0.2, 0.25) is 5.70 Å². The minimum atomic E-state index is -0.398. The van der Waals surface area contributed by atoms with Crippen molar-refractivity contribution in [2.45, 2.75) is 13.8 Å². The van der Waals surface area contributed by atoms with E-state index in [0.717, 1.165) is 16.3 Å². The van der Waals surface area contributed by atoms with E-state index in [-0.39, 0.29) is 5.70 Å². The average molecular weight is 223 g/mol. The number of rotatable bonds is 2. The van der Waals surface area contributed by atoms with Crippen molar-refractivity contribution in [1.82, 2.24) is 9.38 Å². The molecule has 0 unspecified atom stereocenters. The molecule has 6 heteroatoms. The first-order chi connectivity index (χ1) is 7.09. The smallest absolute Gasteiger partial charge is 0.245 e. The van der Waals surface area contributed by atoms with Gasteiger partial charge in [-0.2, -0.15) is 0 Å². The van der Waals surface area contributed by atoms with Crippen LogP contribution in [0.2, 0.25) is 0 Å². The van der Waals surface area contributed by atoms with Crippen molar-refractivity contribution >= 4 is 22.4 Å². The van der Waals surface area contributed by atoms with Gasteiger partial charge in [0.1, 0.15) is 0 Å². The molecule has 0 saturated carbocycles. The Labute approximate surface area is 89.8 Å². The van der Waals surface area contributed by atoms with Crippen LogP contribution in [0.4, 0.5) is 0 Å². The summed E-state index contributed by atoms with van der Waals surface area (Å²) in [5.74, 6) is 0. The Morgan fingerprint density at radius 3 is 3.13 bits per heavy atom. The van der Waals surface area contributed by atoms with Gasteiger partial charge in [0.15, 0.2) is 4.96 Å². The molecule has 78 valence electrons. The Kier molecular flexibility index (Phi) is 2.28. The molecule has 2 heterocycles. The van der Waals surface area contributed by atoms with Crippen LogP contribution in [0, 0.1) is 17.0 Å². The molecular weight excluding hydrogens is 214 g/mol. The van der Waals surface area contributed by atoms with Crippen LogP contribution >= 0.6 is 11.3 Å². The summed E-state index contributed by atoms with van der Waals surface area (Å²) in [5, 5.41) is 12.4. The third kappa shape index (κ3) is 1.63. The lowest BCUT2D eigenvalue weighted by molar-refractivity contribution is -0.422. The first-order valence-corrected chi connectivity index (χ1v) is 5.22. The van der Waals surface area contributed by atoms with Crippen LogP contribution in [-0.2, 0) is 0 Å². The standard InChI is InChI=1S/C9H9N3O2S/c1-6(12(13)14)5-8-7(2)10-9-11(8)3-4-15-9/h3-5H,1-2H3/b6-5-. The van der Waals surface area contributed by atoms with Gasteiger partial charge in [0.25, 0.3) is 0 Å². The summed E-state index contributed by atoms with van der Waals surface area (Å²) in [4.78, 5) is 15.3. The minimum Gasteiger partial charge on any atom is -0.290 e. The molecule has 0 radical (unpaired) electrons. The number of nitrogens with zero attached hydrogens (tertiary/aromatic N) is 3. The molecule has 0 bridgehead atoms. The minimum absolute atomic E-state index is 0.117. The van der Waals surface area contributed by atoms with Crippen molar-refractivity contribution in [2.75, 3.05) is 0 Å². The van der Waals surface area contributed by atoms with Crippen LogP contribution in [0.25, 0.3) is 11.0 Å². The summed E-state index contributed by atoms with van der Waals surface area (Å²) < 4.78 is 1.85. The molecule has 0 fully saturated rings. The number of hydrogen-bond donors (Lipinski definition) is 0. The van der Waals surface area contributed by atoms with Crippen molar-refractivity contribution < 1.29 is 4.92 Å². The average Bonchev–Trinajstić information content (AvgIpc) is 2.69. The van der Waals surface area contributed by atoms with Crippen LogP contribution in [-0.4, -0.2) is 14.3 Å². The zero-order chi connectivity index (χ0) is 11.0. The van der Waals surface area contributed by atoms with Gasteiger partial charge in [-0.25, -0.2) is 4.98 Å². The summed E-state index contributed by atoms with van der Waals surface area (Å²) in [6.45, 7) is 3.32. The summed E-state index contributed by atoms with van der Waals surface area (Å²) in [6, 6.07) is 0. The van der Waals surface area contributed by atoms with Gasteiger partial charge >= 0.3 is 0 Å². The maximum Gasteiger partial charge on any atom is 0.245 e. The number of aromatic nitrogens is 2. The lowest BCUT2D eigenvalue weighted by Gasteiger charge is -1.93. The third-order valence-corrected chi connectivity index (χ3v) is 2.87. The van der Waals surface area contributed by atoms with Gasteiger partial charge in [-0.1, -0.05) is 0 Å². The SMILES string of the molecule is C/C(=C/c1c(C)nc2sccn12)[N+](=O)[O-]. The molecule has 2 rings (SSSR count). The van der Waals surface area contributed by atoms with E-state index in [1.165, 1.54) is 18.3 Å². The topological polar surface area (TPSA) is 60.4 Å². The van der Waals surface area contributed by atoms with Crippen molar-refractivity contribution in [3.05, 3.63) is 38.8 Å². The zero-order valence-corrected chi connectivity index (χ0v) is 9.11. The Morgan fingerprint density at radius 2 is 2.47 bits per heavy atom. The Bertz CT molecular complexity index is 553. The molecule has 0 aromatic carbocycles. The molecule has 0 atom stereocenters. The quantitative estimate of drug-likeness (QED) is 0.580. The molecule has 15 heavy (non-hydrogen) atoms. The van der Waals surface area contributed by atoms with Crippen molar-refractivity contribution in [3.8, 4) is 0 Å². The highest BCUT2D eigenvalue weighted by atomic mass is 32.1. The van der Waals surface area contributed by atoms with Gasteiger partial charge in [0.05, 0.1) is 16.3 Å². The van der Waals surface area contributed by atoms with Gasteiger partial charge in [-0.15, -0.1) is 11.3 Å². The number of allylic oxidation sites excluding steroid dienone is 1. The van der Waals surface area contributed by atoms with Crippen molar-refractivity contribution in [1.29, 1.82) is 0 Å². The molecule has 0 aliphatic carbocycles. The summed E-state index contributed by atoms with van der Waals surface area (Å²) in [5.41, 5.74) is 1.70. The van der Waals surface area contributed by atoms with Crippen LogP contribution in [0.15, 0.2) is 17.3 Å². The lowest BCUT2D eigenvalue weighted by Crippen LogP contribution is -1.94. The fourth-order valence-corrected chi connectivity index (χ4v) is 2.10. The van der Waals surface area contributed by atoms with E-state index < -0.39 is 4.92 Å². The van der Waals surface area contributed by atoms with Gasteiger partial charge in [-0.05, 0) is 6.92 Å². The zero-order valence-electron chi connectivity index (χ0n) is 8.30. The van der Waals surface area contributed by atoms with Gasteiger partial charge in [-0.3, -0.25) is 14.5 Å². The molecule has 2 aromatic rings. The predicted octanol–water partition coefficient (Wildman–Crippen LogP) is 2.34. The molecule has 0 aliphatic rings. The number of imidazole rings is 1. The largest absolute Gasteiger partial charge is 0.290 e. The second-order valence-electron chi connectivity index (χ2n) is 3.18. The van der Waals surface area contributed by atoms with Gasteiger partial charge in [0, 0.05) is 24.6 Å². The molecule has 0 amide bonds. The lowest BCUT2D eigenvalue weighted by atomic mass is 10.3. The van der Waals surface area contributed by atoms with Crippen LogP contribution < -0.4 is 0 Å². The van der Waals surface area contributed by atoms with E-state index in [4.69, 9.17) is 0 Å². The first kappa shape index (κ1) is 9.85. The highest BCUT2D eigenvalue weighted by Gasteiger charge is 2.10. The van der Waals surface area contributed by atoms with Crippen molar-refractivity contribution in [2.24, 2.45) is 0 Å². The Morgan fingerprint density at radius 1 is 1.73 bits per heavy atom. The van der Waals surface area contributed by atoms with Crippen molar-refractivity contribution in [3.63, 3.8) is 0 Å². The number of nitro groups is 1. The summed E-state index contributed by atoms with van der Waals surface area (Å²) in [6.07, 6.45) is 3.40. The van der Waals surface area contributed by atoms with E-state index >= 15 is 0 Å². The summed E-state index contributed by atoms with van der Waals surface area (Å²) in [7, 11) is 0. The molecule has 0 saturated heterocycles. The fraction of sp³-hybridized carbons (Fsp3) is 0.222. The molecular formula is C9H9N3O2S. The van der Waals surface area contributed by atoms with Crippen LogP contribution in [0.5, 0.6) is 0 Å². The van der Waals surface area contributed by atoms with E-state index in [9.17, 15) is 10.1 Å². The predicted molar refractivity (Wildman–Crippen MR) is 58.5 cm³/mol. The Hall–Kier alpha value is -1.69. The highest BCUT2D eigenvalue weighted by molar-refractivity contribution is 7.15. The van der Waals surface area contributed by atoms with Gasteiger partial charge < -0.3 is 0 Å². The monoisotopic (exact) mass is 223 g/mol. The van der Waals surface area contributed by atoms with E-state index in [1.54, 1.807) is 6.08 Å². The third-order valence-electron chi connectivity index (χ3n) is 2.12. The maximum absolute atomic E-state index is 10.5. The number of hydrogen-bond acceptors (Lipinski definition) is 4. The maximum atomic E-state index is 10.5. The molecule has 5 nitrogen and oxygen atoms in total. The molecule has 0 spiro atoms. The molecule has 0 N–H and O–H groups in total. The number of aryl methyl sites for hydroxylation is 1.